The minimum absolute atomic E-state index is 0.0273. The summed E-state index contributed by atoms with van der Waals surface area (Å²) in [6, 6.07) is 3.72. The normalized spacial score (nSPS) is 15.1. The van der Waals surface area contributed by atoms with Gasteiger partial charge < -0.3 is 19.9 Å². The minimum atomic E-state index is -0.0273. The molecule has 5 nitrogen and oxygen atoms in total. The summed E-state index contributed by atoms with van der Waals surface area (Å²) in [5.74, 6) is -0.0273. The molecule has 0 atom stereocenters. The highest BCUT2D eigenvalue weighted by Gasteiger charge is 2.11. The Morgan fingerprint density at radius 1 is 1.58 bits per heavy atom. The molecule has 19 heavy (non-hydrogen) atoms. The molecule has 0 saturated heterocycles. The van der Waals surface area contributed by atoms with Gasteiger partial charge in [-0.05, 0) is 25.1 Å². The number of aromatic nitrogens is 1. The van der Waals surface area contributed by atoms with Crippen LogP contribution in [0.15, 0.2) is 30.0 Å². The largest absolute Gasteiger partial charge is 0.383 e. The molecule has 1 amide bonds. The van der Waals surface area contributed by atoms with E-state index < -0.39 is 0 Å². The van der Waals surface area contributed by atoms with Gasteiger partial charge in [-0.2, -0.15) is 0 Å². The number of rotatable bonds is 6. The molecule has 2 N–H and O–H groups in total. The average Bonchev–Trinajstić information content (AvgIpc) is 2.92. The fraction of sp³-hybridized carbons (Fsp3) is 0.500. The van der Waals surface area contributed by atoms with Gasteiger partial charge >= 0.3 is 0 Å². The Hall–Kier alpha value is -1.59. The molecule has 0 bridgehead atoms. The lowest BCUT2D eigenvalue weighted by atomic mass is 10.1. The molecule has 0 saturated carbocycles. The number of carbonyl (C=O) groups excluding carboxylic acids is 1. The smallest absolute Gasteiger partial charge is 0.268 e. The van der Waals surface area contributed by atoms with Crippen molar-refractivity contribution < 1.29 is 9.53 Å². The van der Waals surface area contributed by atoms with Crippen molar-refractivity contribution >= 4 is 5.91 Å². The Balaban J connectivity index is 1.88. The monoisotopic (exact) mass is 263 g/mol. The van der Waals surface area contributed by atoms with E-state index in [4.69, 9.17) is 4.74 Å². The van der Waals surface area contributed by atoms with E-state index in [1.165, 1.54) is 5.57 Å². The fourth-order valence-electron chi connectivity index (χ4n) is 2.12. The van der Waals surface area contributed by atoms with Crippen LogP contribution < -0.4 is 10.6 Å². The van der Waals surface area contributed by atoms with Crippen molar-refractivity contribution in [2.45, 2.75) is 13.0 Å². The van der Waals surface area contributed by atoms with E-state index >= 15 is 0 Å². The fourth-order valence-corrected chi connectivity index (χ4v) is 2.12. The number of hydrogen-bond donors (Lipinski definition) is 2. The maximum Gasteiger partial charge on any atom is 0.268 e. The van der Waals surface area contributed by atoms with Crippen molar-refractivity contribution in [3.05, 3.63) is 35.7 Å². The zero-order valence-corrected chi connectivity index (χ0v) is 11.3. The number of carbonyl (C=O) groups is 1. The lowest BCUT2D eigenvalue weighted by Crippen LogP contribution is -2.31. The molecule has 1 aromatic heterocycles. The standard InChI is InChI=1S/C14H21N3O2/c1-19-10-9-17-8-2-3-13(17)14(18)16-11-12-4-6-15-7-5-12/h2-4,8,15H,5-7,9-11H2,1H3,(H,16,18). The topological polar surface area (TPSA) is 55.3 Å². The van der Waals surface area contributed by atoms with Crippen molar-refractivity contribution in [1.82, 2.24) is 15.2 Å². The third-order valence-electron chi connectivity index (χ3n) is 3.23. The second-order valence-corrected chi connectivity index (χ2v) is 4.58. The van der Waals surface area contributed by atoms with E-state index in [9.17, 15) is 4.79 Å². The summed E-state index contributed by atoms with van der Waals surface area (Å²) < 4.78 is 6.95. The number of methoxy groups -OCH3 is 1. The van der Waals surface area contributed by atoms with Crippen LogP contribution in [0.4, 0.5) is 0 Å². The van der Waals surface area contributed by atoms with Gasteiger partial charge in [0.1, 0.15) is 5.69 Å². The molecular weight excluding hydrogens is 242 g/mol. The van der Waals surface area contributed by atoms with Crippen LogP contribution in [-0.4, -0.2) is 43.8 Å². The van der Waals surface area contributed by atoms with Gasteiger partial charge in [0.2, 0.25) is 0 Å². The van der Waals surface area contributed by atoms with Crippen molar-refractivity contribution in [2.24, 2.45) is 0 Å². The van der Waals surface area contributed by atoms with E-state index in [1.54, 1.807) is 7.11 Å². The van der Waals surface area contributed by atoms with E-state index in [0.29, 0.717) is 25.4 Å². The molecule has 0 aliphatic carbocycles. The van der Waals surface area contributed by atoms with Crippen LogP contribution in [0.25, 0.3) is 0 Å². The number of nitrogens with zero attached hydrogens (tertiary/aromatic N) is 1. The van der Waals surface area contributed by atoms with Crippen molar-refractivity contribution in [1.29, 1.82) is 0 Å². The maximum absolute atomic E-state index is 12.1. The minimum Gasteiger partial charge on any atom is -0.383 e. The summed E-state index contributed by atoms with van der Waals surface area (Å²) in [5.41, 5.74) is 1.98. The first-order valence-electron chi connectivity index (χ1n) is 6.62. The van der Waals surface area contributed by atoms with Crippen molar-refractivity contribution in [2.75, 3.05) is 33.4 Å². The van der Waals surface area contributed by atoms with Crippen LogP contribution in [0.1, 0.15) is 16.9 Å². The first kappa shape index (κ1) is 13.8. The highest BCUT2D eigenvalue weighted by molar-refractivity contribution is 5.92. The lowest BCUT2D eigenvalue weighted by Gasteiger charge is -2.15. The van der Waals surface area contributed by atoms with Gasteiger partial charge in [-0.25, -0.2) is 0 Å². The number of amides is 1. The second-order valence-electron chi connectivity index (χ2n) is 4.58. The summed E-state index contributed by atoms with van der Waals surface area (Å²) in [4.78, 5) is 12.1. The molecule has 1 aliphatic heterocycles. The predicted octanol–water partition coefficient (Wildman–Crippen LogP) is 0.784. The average molecular weight is 263 g/mol. The van der Waals surface area contributed by atoms with Crippen molar-refractivity contribution in [3.8, 4) is 0 Å². The molecule has 5 heteroatoms. The molecule has 0 aromatic carbocycles. The van der Waals surface area contributed by atoms with E-state index in [2.05, 4.69) is 16.7 Å². The van der Waals surface area contributed by atoms with Crippen LogP contribution in [0, 0.1) is 0 Å². The van der Waals surface area contributed by atoms with Gasteiger partial charge in [0, 0.05) is 32.9 Å². The lowest BCUT2D eigenvalue weighted by molar-refractivity contribution is 0.0944. The second kappa shape index (κ2) is 7.11. The Morgan fingerprint density at radius 2 is 2.47 bits per heavy atom. The van der Waals surface area contributed by atoms with Crippen LogP contribution in [0.2, 0.25) is 0 Å². The SMILES string of the molecule is COCCn1cccc1C(=O)NCC1=CCNCC1. The number of nitrogens with one attached hydrogen (secondary N) is 2. The molecule has 2 rings (SSSR count). The highest BCUT2D eigenvalue weighted by atomic mass is 16.5. The van der Waals surface area contributed by atoms with E-state index in [1.807, 2.05) is 22.9 Å². The van der Waals surface area contributed by atoms with Gasteiger partial charge in [0.25, 0.3) is 5.91 Å². The summed E-state index contributed by atoms with van der Waals surface area (Å²) in [5, 5.41) is 6.23. The van der Waals surface area contributed by atoms with Crippen LogP contribution in [0.5, 0.6) is 0 Å². The highest BCUT2D eigenvalue weighted by Crippen LogP contribution is 2.05. The summed E-state index contributed by atoms with van der Waals surface area (Å²) in [7, 11) is 1.66. The molecular formula is C14H21N3O2. The number of hydrogen-bond acceptors (Lipinski definition) is 3. The molecule has 2 heterocycles. The van der Waals surface area contributed by atoms with Crippen LogP contribution >= 0.6 is 0 Å². The van der Waals surface area contributed by atoms with Gasteiger partial charge in [0.15, 0.2) is 0 Å². The van der Waals surface area contributed by atoms with Gasteiger partial charge in [-0.3, -0.25) is 4.79 Å². The number of ether oxygens (including phenoxy) is 1. The first-order chi connectivity index (χ1) is 9.31. The Bertz CT molecular complexity index is 451. The van der Waals surface area contributed by atoms with Crippen LogP contribution in [-0.2, 0) is 11.3 Å². The predicted molar refractivity (Wildman–Crippen MR) is 74.2 cm³/mol. The molecule has 0 fully saturated rings. The summed E-state index contributed by atoms with van der Waals surface area (Å²) in [6.45, 7) is 3.82. The third-order valence-corrected chi connectivity index (χ3v) is 3.23. The molecule has 0 unspecified atom stereocenters. The first-order valence-corrected chi connectivity index (χ1v) is 6.62. The quantitative estimate of drug-likeness (QED) is 0.746. The molecule has 104 valence electrons. The van der Waals surface area contributed by atoms with Crippen LogP contribution in [0.3, 0.4) is 0 Å². The Morgan fingerprint density at radius 3 is 3.21 bits per heavy atom. The zero-order chi connectivity index (χ0) is 13.5. The van der Waals surface area contributed by atoms with E-state index in [0.717, 1.165) is 19.5 Å². The summed E-state index contributed by atoms with van der Waals surface area (Å²) in [6.07, 6.45) is 5.05. The molecule has 1 aromatic rings. The Labute approximate surface area is 113 Å². The van der Waals surface area contributed by atoms with Crippen molar-refractivity contribution in [3.63, 3.8) is 0 Å². The molecule has 1 aliphatic rings. The van der Waals surface area contributed by atoms with E-state index in [-0.39, 0.29) is 5.91 Å². The summed E-state index contributed by atoms with van der Waals surface area (Å²) >= 11 is 0. The third kappa shape index (κ3) is 3.94. The molecule has 0 spiro atoms. The zero-order valence-electron chi connectivity index (χ0n) is 11.3. The van der Waals surface area contributed by atoms with Gasteiger partial charge in [0.05, 0.1) is 6.61 Å². The maximum atomic E-state index is 12.1. The van der Waals surface area contributed by atoms with Gasteiger partial charge in [-0.1, -0.05) is 11.6 Å². The Kier molecular flexibility index (Phi) is 5.18. The molecule has 0 radical (unpaired) electrons. The van der Waals surface area contributed by atoms with Gasteiger partial charge in [-0.15, -0.1) is 0 Å².